The molecule has 0 bridgehead atoms. The fourth-order valence-electron chi connectivity index (χ4n) is 1.57. The third kappa shape index (κ3) is 2.40. The van der Waals surface area contributed by atoms with Gasteiger partial charge in [-0.05, 0) is 17.7 Å². The number of phenols is 1. The maximum atomic E-state index is 9.41. The molecular weight excluding hydrogens is 196 g/mol. The van der Waals surface area contributed by atoms with Gasteiger partial charge in [-0.3, -0.25) is 0 Å². The quantitative estimate of drug-likeness (QED) is 0.817. The SMILES string of the molecule is COc1cc(CC2OCCO2)ccc1O. The zero-order chi connectivity index (χ0) is 10.7. The predicted molar refractivity (Wildman–Crippen MR) is 54.1 cm³/mol. The maximum absolute atomic E-state index is 9.41. The first-order valence-electron chi connectivity index (χ1n) is 4.88. The van der Waals surface area contributed by atoms with Gasteiger partial charge in [-0.25, -0.2) is 0 Å². The van der Waals surface area contributed by atoms with Gasteiger partial charge in [-0.2, -0.15) is 0 Å². The average molecular weight is 210 g/mol. The molecule has 1 N–H and O–H groups in total. The Hall–Kier alpha value is -1.26. The summed E-state index contributed by atoms with van der Waals surface area (Å²) in [6.07, 6.45) is 0.510. The minimum atomic E-state index is -0.167. The monoisotopic (exact) mass is 210 g/mol. The van der Waals surface area contributed by atoms with Crippen LogP contribution in [-0.4, -0.2) is 31.7 Å². The highest BCUT2D eigenvalue weighted by molar-refractivity contribution is 5.41. The van der Waals surface area contributed by atoms with Crippen molar-refractivity contribution < 1.29 is 19.3 Å². The molecule has 15 heavy (non-hydrogen) atoms. The largest absolute Gasteiger partial charge is 0.504 e. The average Bonchev–Trinajstić information content (AvgIpc) is 2.73. The van der Waals surface area contributed by atoms with Crippen molar-refractivity contribution in [3.63, 3.8) is 0 Å². The molecule has 0 radical (unpaired) electrons. The Morgan fingerprint density at radius 3 is 2.80 bits per heavy atom. The van der Waals surface area contributed by atoms with Crippen LogP contribution in [0.2, 0.25) is 0 Å². The van der Waals surface area contributed by atoms with Gasteiger partial charge in [0, 0.05) is 6.42 Å². The molecule has 1 aromatic carbocycles. The number of benzene rings is 1. The standard InChI is InChI=1S/C11H14O4/c1-13-10-6-8(2-3-9(10)12)7-11-14-4-5-15-11/h2-3,6,11-12H,4-5,7H2,1H3. The summed E-state index contributed by atoms with van der Waals surface area (Å²) in [5.74, 6) is 0.625. The van der Waals surface area contributed by atoms with E-state index in [9.17, 15) is 5.11 Å². The van der Waals surface area contributed by atoms with Gasteiger partial charge in [0.2, 0.25) is 0 Å². The van der Waals surface area contributed by atoms with E-state index < -0.39 is 0 Å². The van der Waals surface area contributed by atoms with Crippen LogP contribution in [0.5, 0.6) is 11.5 Å². The maximum Gasteiger partial charge on any atom is 0.161 e. The predicted octanol–water partition coefficient (Wildman–Crippen LogP) is 1.32. The van der Waals surface area contributed by atoms with Gasteiger partial charge in [-0.15, -0.1) is 0 Å². The van der Waals surface area contributed by atoms with E-state index in [0.29, 0.717) is 25.4 Å². The molecule has 2 rings (SSSR count). The fraction of sp³-hybridized carbons (Fsp3) is 0.455. The van der Waals surface area contributed by atoms with Crippen LogP contribution in [0.3, 0.4) is 0 Å². The molecule has 0 spiro atoms. The summed E-state index contributed by atoms with van der Waals surface area (Å²) in [4.78, 5) is 0. The molecule has 0 atom stereocenters. The highest BCUT2D eigenvalue weighted by atomic mass is 16.7. The van der Waals surface area contributed by atoms with Gasteiger partial charge in [-0.1, -0.05) is 6.07 Å². The van der Waals surface area contributed by atoms with Crippen LogP contribution < -0.4 is 4.74 Å². The number of phenolic OH excluding ortho intramolecular Hbond substituents is 1. The van der Waals surface area contributed by atoms with Crippen LogP contribution in [0.15, 0.2) is 18.2 Å². The fourth-order valence-corrected chi connectivity index (χ4v) is 1.57. The van der Waals surface area contributed by atoms with Crippen LogP contribution in [-0.2, 0) is 15.9 Å². The van der Waals surface area contributed by atoms with Gasteiger partial charge >= 0.3 is 0 Å². The Kier molecular flexibility index (Phi) is 3.08. The highest BCUT2D eigenvalue weighted by Crippen LogP contribution is 2.27. The van der Waals surface area contributed by atoms with Crippen molar-refractivity contribution in [1.29, 1.82) is 0 Å². The van der Waals surface area contributed by atoms with Crippen LogP contribution in [0.4, 0.5) is 0 Å². The van der Waals surface area contributed by atoms with Crippen molar-refractivity contribution in [2.24, 2.45) is 0 Å². The molecule has 1 aliphatic rings. The van der Waals surface area contributed by atoms with Crippen molar-refractivity contribution in [2.75, 3.05) is 20.3 Å². The van der Waals surface area contributed by atoms with Gasteiger partial charge in [0.05, 0.1) is 20.3 Å². The number of rotatable bonds is 3. The summed E-state index contributed by atoms with van der Waals surface area (Å²) in [5.41, 5.74) is 1.02. The molecule has 0 unspecified atom stereocenters. The smallest absolute Gasteiger partial charge is 0.161 e. The number of hydrogen-bond acceptors (Lipinski definition) is 4. The van der Waals surface area contributed by atoms with Gasteiger partial charge in [0.1, 0.15) is 0 Å². The molecular formula is C11H14O4. The van der Waals surface area contributed by atoms with Crippen molar-refractivity contribution in [2.45, 2.75) is 12.7 Å². The zero-order valence-electron chi connectivity index (χ0n) is 8.60. The Labute approximate surface area is 88.4 Å². The van der Waals surface area contributed by atoms with Crippen LogP contribution in [0, 0.1) is 0 Å². The molecule has 0 saturated carbocycles. The summed E-state index contributed by atoms with van der Waals surface area (Å²) in [6.45, 7) is 1.31. The van der Waals surface area contributed by atoms with Crippen LogP contribution >= 0.6 is 0 Å². The first-order chi connectivity index (χ1) is 7.29. The number of aromatic hydroxyl groups is 1. The van der Waals surface area contributed by atoms with E-state index in [1.807, 2.05) is 6.07 Å². The third-order valence-corrected chi connectivity index (χ3v) is 2.34. The number of ether oxygens (including phenoxy) is 3. The molecule has 0 amide bonds. The van der Waals surface area contributed by atoms with Crippen molar-refractivity contribution >= 4 is 0 Å². The van der Waals surface area contributed by atoms with Gasteiger partial charge in [0.15, 0.2) is 17.8 Å². The molecule has 0 aromatic heterocycles. The first-order valence-corrected chi connectivity index (χ1v) is 4.88. The molecule has 1 fully saturated rings. The topological polar surface area (TPSA) is 47.9 Å². The zero-order valence-corrected chi connectivity index (χ0v) is 8.60. The molecule has 1 heterocycles. The molecule has 1 aromatic rings. The summed E-state index contributed by atoms with van der Waals surface area (Å²) in [5, 5.41) is 9.41. The lowest BCUT2D eigenvalue weighted by Gasteiger charge is -2.10. The summed E-state index contributed by atoms with van der Waals surface area (Å²) < 4.78 is 15.7. The van der Waals surface area contributed by atoms with E-state index in [1.165, 1.54) is 7.11 Å². The summed E-state index contributed by atoms with van der Waals surface area (Å²) in [6, 6.07) is 5.24. The van der Waals surface area contributed by atoms with Crippen molar-refractivity contribution in [3.8, 4) is 11.5 Å². The molecule has 82 valence electrons. The van der Waals surface area contributed by atoms with E-state index in [-0.39, 0.29) is 12.0 Å². The summed E-state index contributed by atoms with van der Waals surface area (Å²) >= 11 is 0. The van der Waals surface area contributed by atoms with Crippen LogP contribution in [0.1, 0.15) is 5.56 Å². The number of methoxy groups -OCH3 is 1. The second-order valence-corrected chi connectivity index (χ2v) is 3.38. The minimum absolute atomic E-state index is 0.148. The van der Waals surface area contributed by atoms with E-state index in [4.69, 9.17) is 14.2 Å². The van der Waals surface area contributed by atoms with Crippen molar-refractivity contribution in [1.82, 2.24) is 0 Å². The van der Waals surface area contributed by atoms with E-state index in [2.05, 4.69) is 0 Å². The molecule has 1 saturated heterocycles. The van der Waals surface area contributed by atoms with E-state index in [0.717, 1.165) is 5.56 Å². The highest BCUT2D eigenvalue weighted by Gasteiger charge is 2.16. The minimum Gasteiger partial charge on any atom is -0.504 e. The Balaban J connectivity index is 2.07. The van der Waals surface area contributed by atoms with E-state index in [1.54, 1.807) is 12.1 Å². The summed E-state index contributed by atoms with van der Waals surface area (Å²) in [7, 11) is 1.53. The third-order valence-electron chi connectivity index (χ3n) is 2.34. The molecule has 1 aliphatic heterocycles. The normalized spacial score (nSPS) is 16.9. The second-order valence-electron chi connectivity index (χ2n) is 3.38. The first kappa shape index (κ1) is 10.3. The molecule has 0 aliphatic carbocycles. The van der Waals surface area contributed by atoms with Crippen molar-refractivity contribution in [3.05, 3.63) is 23.8 Å². The Bertz CT molecular complexity index is 331. The second kappa shape index (κ2) is 4.51. The lowest BCUT2D eigenvalue weighted by Crippen LogP contribution is -2.11. The van der Waals surface area contributed by atoms with E-state index >= 15 is 0 Å². The Morgan fingerprint density at radius 2 is 2.13 bits per heavy atom. The molecule has 4 heteroatoms. The number of hydrogen-bond donors (Lipinski definition) is 1. The van der Waals surface area contributed by atoms with Gasteiger partial charge in [0.25, 0.3) is 0 Å². The Morgan fingerprint density at radius 1 is 1.40 bits per heavy atom. The lowest BCUT2D eigenvalue weighted by atomic mass is 10.1. The lowest BCUT2D eigenvalue weighted by molar-refractivity contribution is -0.0400. The van der Waals surface area contributed by atoms with Gasteiger partial charge < -0.3 is 19.3 Å². The van der Waals surface area contributed by atoms with Crippen LogP contribution in [0.25, 0.3) is 0 Å². The molecule has 4 nitrogen and oxygen atoms in total.